The minimum absolute atomic E-state index is 0.180. The molecule has 0 aromatic heterocycles. The van der Waals surface area contributed by atoms with Gasteiger partial charge in [-0.05, 0) is 61.4 Å². The number of hydrogen-bond donors (Lipinski definition) is 1. The van der Waals surface area contributed by atoms with Crippen LogP contribution in [0, 0.1) is 5.92 Å². The Bertz CT molecular complexity index is 1470. The van der Waals surface area contributed by atoms with Gasteiger partial charge in [-0.2, -0.15) is 0 Å². The molecule has 3 heterocycles. The molecule has 0 saturated carbocycles. The monoisotopic (exact) mass is 580 g/mol. The third kappa shape index (κ3) is 4.63. The van der Waals surface area contributed by atoms with Crippen molar-refractivity contribution in [3.63, 3.8) is 0 Å². The number of carbonyl (C=O) groups excluding carboxylic acids is 3. The normalized spacial score (nSPS) is 26.4. The van der Waals surface area contributed by atoms with E-state index in [9.17, 15) is 14.4 Å². The molecule has 3 aromatic carbocycles. The number of para-hydroxylation sites is 1. The molecule has 9 nitrogen and oxygen atoms in total. The summed E-state index contributed by atoms with van der Waals surface area (Å²) in [4.78, 5) is 47.4. The van der Waals surface area contributed by atoms with Crippen molar-refractivity contribution >= 4 is 52.4 Å². The van der Waals surface area contributed by atoms with Crippen LogP contribution < -0.4 is 20.1 Å². The summed E-state index contributed by atoms with van der Waals surface area (Å²) in [5.41, 5.74) is 4.94. The predicted octanol–water partition coefficient (Wildman–Crippen LogP) is 4.55. The highest BCUT2D eigenvalue weighted by molar-refractivity contribution is 6.42. The molecule has 3 saturated heterocycles. The number of rotatable bonds is 5. The molecule has 0 unspecified atom stereocenters. The summed E-state index contributed by atoms with van der Waals surface area (Å²) in [6.07, 6.45) is -0.384. The highest BCUT2D eigenvalue weighted by Gasteiger charge is 2.60. The first kappa shape index (κ1) is 26.7. The average molecular weight is 581 g/mol. The molecule has 3 aliphatic heterocycles. The van der Waals surface area contributed by atoms with Crippen LogP contribution in [0.1, 0.15) is 24.9 Å². The first-order valence-corrected chi connectivity index (χ1v) is 13.6. The van der Waals surface area contributed by atoms with E-state index < -0.39 is 29.9 Å². The number of carbonyl (C=O) groups is 3. The van der Waals surface area contributed by atoms with E-state index in [-0.39, 0.29) is 23.1 Å². The number of imide groups is 1. The van der Waals surface area contributed by atoms with Gasteiger partial charge in [0.1, 0.15) is 17.7 Å². The largest absolute Gasteiger partial charge is 0.425 e. The lowest BCUT2D eigenvalue weighted by Gasteiger charge is -2.29. The molecule has 206 valence electrons. The number of nitrogens with one attached hydrogen (secondary N) is 1. The number of esters is 1. The van der Waals surface area contributed by atoms with E-state index in [2.05, 4.69) is 5.43 Å². The maximum Gasteiger partial charge on any atom is 0.330 e. The van der Waals surface area contributed by atoms with Gasteiger partial charge in [0.05, 0.1) is 27.5 Å². The summed E-state index contributed by atoms with van der Waals surface area (Å²) < 4.78 is 5.65. The van der Waals surface area contributed by atoms with Crippen LogP contribution in [0.15, 0.2) is 72.8 Å². The van der Waals surface area contributed by atoms with Gasteiger partial charge in [0, 0.05) is 13.1 Å². The number of fused-ring (bicyclic) bond motifs is 1. The van der Waals surface area contributed by atoms with E-state index in [4.69, 9.17) is 32.8 Å². The van der Waals surface area contributed by atoms with Crippen LogP contribution >= 0.6 is 23.2 Å². The second-order valence-corrected chi connectivity index (χ2v) is 11.0. The van der Waals surface area contributed by atoms with Gasteiger partial charge in [-0.15, -0.1) is 0 Å². The first-order valence-electron chi connectivity index (χ1n) is 12.9. The van der Waals surface area contributed by atoms with Crippen LogP contribution in [0.4, 0.5) is 11.4 Å². The Kier molecular flexibility index (Phi) is 7.02. The van der Waals surface area contributed by atoms with Crippen molar-refractivity contribution in [2.24, 2.45) is 5.92 Å². The Hall–Kier alpha value is -3.47. The fraction of sp³-hybridized carbons (Fsp3) is 0.276. The molecule has 3 aliphatic rings. The highest BCUT2D eigenvalue weighted by Crippen LogP contribution is 2.48. The predicted molar refractivity (Wildman–Crippen MR) is 150 cm³/mol. The fourth-order valence-corrected chi connectivity index (χ4v) is 5.88. The first-order chi connectivity index (χ1) is 19.2. The lowest BCUT2D eigenvalue weighted by Crippen LogP contribution is -2.41. The zero-order valence-electron chi connectivity index (χ0n) is 21.7. The molecule has 11 heteroatoms. The molecule has 0 aliphatic carbocycles. The summed E-state index contributed by atoms with van der Waals surface area (Å²) in [7, 11) is 1.81. The lowest BCUT2D eigenvalue weighted by molar-refractivity contribution is -0.139. The SMILES string of the molecule is C[C@H]1C[C@@H](C(=O)Oc2ccc([C@@H]3[C@H]4C(=O)N(c5ccc(Cl)c(Cl)c5)C(=O)[C@H]4ON3c3ccccc3)cc2)N(C)N1. The van der Waals surface area contributed by atoms with E-state index in [1.807, 2.05) is 44.3 Å². The van der Waals surface area contributed by atoms with Gasteiger partial charge in [0.15, 0.2) is 6.10 Å². The fourth-order valence-electron chi connectivity index (χ4n) is 5.59. The molecule has 0 bridgehead atoms. The number of amides is 2. The van der Waals surface area contributed by atoms with E-state index in [1.54, 1.807) is 46.5 Å². The average Bonchev–Trinajstić information content (AvgIpc) is 3.58. The van der Waals surface area contributed by atoms with Gasteiger partial charge < -0.3 is 4.74 Å². The second-order valence-electron chi connectivity index (χ2n) is 10.2. The maximum absolute atomic E-state index is 13.8. The Morgan fingerprint density at radius 2 is 1.68 bits per heavy atom. The smallest absolute Gasteiger partial charge is 0.330 e. The van der Waals surface area contributed by atoms with Crippen molar-refractivity contribution in [3.05, 3.63) is 88.4 Å². The quantitative estimate of drug-likeness (QED) is 0.267. The molecular formula is C29H26Cl2N4O5. The molecule has 6 rings (SSSR count). The number of halogens is 2. The van der Waals surface area contributed by atoms with Crippen molar-refractivity contribution in [2.75, 3.05) is 17.0 Å². The van der Waals surface area contributed by atoms with E-state index in [0.29, 0.717) is 28.6 Å². The second kappa shape index (κ2) is 10.5. The minimum atomic E-state index is -1.03. The lowest BCUT2D eigenvalue weighted by atomic mass is 9.90. The molecule has 1 N–H and O–H groups in total. The van der Waals surface area contributed by atoms with E-state index >= 15 is 0 Å². The van der Waals surface area contributed by atoms with E-state index in [0.717, 1.165) is 10.5 Å². The highest BCUT2D eigenvalue weighted by atomic mass is 35.5. The zero-order chi connectivity index (χ0) is 28.1. The standard InChI is InChI=1S/C29H26Cl2N4O5/c1-16-14-23(33(2)32-16)29(38)39-20-11-8-17(9-12-20)25-24-26(40-35(25)18-6-4-3-5-7-18)28(37)34(27(24)36)19-10-13-21(30)22(31)15-19/h3-13,15-16,23-26,32H,14H2,1-2H3/t16-,23-,24+,25+,26-/m0/s1. The number of nitrogens with zero attached hydrogens (tertiary/aromatic N) is 3. The van der Waals surface area contributed by atoms with Crippen molar-refractivity contribution < 1.29 is 24.0 Å². The number of hydrazine groups is 1. The van der Waals surface area contributed by atoms with Crippen LogP contribution in [0.5, 0.6) is 5.75 Å². The van der Waals surface area contributed by atoms with Gasteiger partial charge in [-0.1, -0.05) is 53.5 Å². The molecule has 3 fully saturated rings. The Balaban J connectivity index is 1.30. The maximum atomic E-state index is 13.8. The van der Waals surface area contributed by atoms with E-state index in [1.165, 1.54) is 6.07 Å². The van der Waals surface area contributed by atoms with Gasteiger partial charge in [-0.25, -0.2) is 19.8 Å². The Morgan fingerprint density at radius 1 is 0.950 bits per heavy atom. The van der Waals surface area contributed by atoms with Gasteiger partial charge >= 0.3 is 5.97 Å². The van der Waals surface area contributed by atoms with Crippen LogP contribution in [0.25, 0.3) is 0 Å². The van der Waals surface area contributed by atoms with Crippen LogP contribution in [0.2, 0.25) is 10.0 Å². The molecule has 0 radical (unpaired) electrons. The van der Waals surface area contributed by atoms with Crippen LogP contribution in [0.3, 0.4) is 0 Å². The number of benzene rings is 3. The zero-order valence-corrected chi connectivity index (χ0v) is 23.2. The van der Waals surface area contributed by atoms with Crippen LogP contribution in [-0.2, 0) is 19.2 Å². The van der Waals surface area contributed by atoms with Gasteiger partial charge in [-0.3, -0.25) is 19.9 Å². The van der Waals surface area contributed by atoms with Crippen molar-refractivity contribution in [1.82, 2.24) is 10.4 Å². The molecular weight excluding hydrogens is 555 g/mol. The summed E-state index contributed by atoms with van der Waals surface area (Å²) in [6.45, 7) is 2.01. The third-order valence-electron chi connectivity index (χ3n) is 7.47. The van der Waals surface area contributed by atoms with Crippen LogP contribution in [-0.4, -0.2) is 48.0 Å². The Morgan fingerprint density at radius 3 is 2.33 bits per heavy atom. The molecule has 5 atom stereocenters. The third-order valence-corrected chi connectivity index (χ3v) is 8.21. The molecule has 3 aromatic rings. The molecule has 2 amide bonds. The Labute approximate surface area is 241 Å². The molecule has 0 spiro atoms. The summed E-state index contributed by atoms with van der Waals surface area (Å²) >= 11 is 12.2. The van der Waals surface area contributed by atoms with Gasteiger partial charge in [0.25, 0.3) is 5.91 Å². The number of likely N-dealkylation sites (N-methyl/N-ethyl adjacent to an activating group) is 1. The minimum Gasteiger partial charge on any atom is -0.425 e. The number of ether oxygens (including phenoxy) is 1. The topological polar surface area (TPSA) is 91.4 Å². The van der Waals surface area contributed by atoms with Crippen molar-refractivity contribution in [3.8, 4) is 5.75 Å². The van der Waals surface area contributed by atoms with Crippen molar-refractivity contribution in [1.29, 1.82) is 0 Å². The summed E-state index contributed by atoms with van der Waals surface area (Å²) in [5.74, 6) is -1.68. The van der Waals surface area contributed by atoms with Gasteiger partial charge in [0.2, 0.25) is 5.91 Å². The summed E-state index contributed by atoms with van der Waals surface area (Å²) in [5, 5.41) is 3.93. The van der Waals surface area contributed by atoms with Crippen molar-refractivity contribution in [2.45, 2.75) is 37.6 Å². The summed E-state index contributed by atoms with van der Waals surface area (Å²) in [6, 6.07) is 20.0. The number of hydroxylamine groups is 1. The number of anilines is 2. The number of hydrogen-bond acceptors (Lipinski definition) is 8. The molecule has 40 heavy (non-hydrogen) atoms.